The van der Waals surface area contributed by atoms with Crippen LogP contribution in [0.3, 0.4) is 0 Å². The van der Waals surface area contributed by atoms with Crippen LogP contribution in [-0.4, -0.2) is 20.2 Å². The van der Waals surface area contributed by atoms with Crippen LogP contribution in [0.4, 0.5) is 0 Å². The third-order valence-corrected chi connectivity index (χ3v) is 7.48. The van der Waals surface area contributed by atoms with Crippen molar-refractivity contribution in [3.05, 3.63) is 89.3 Å². The highest BCUT2D eigenvalue weighted by molar-refractivity contribution is 6.16. The molecule has 1 aliphatic heterocycles. The fourth-order valence-corrected chi connectivity index (χ4v) is 5.68. The molecule has 3 heterocycles. The summed E-state index contributed by atoms with van der Waals surface area (Å²) in [6, 6.07) is 15.5. The zero-order chi connectivity index (χ0) is 20.6. The molecule has 0 unspecified atom stereocenters. The Bertz CT molecular complexity index is 1350. The molecular weight excluding hydrogens is 384 g/mol. The van der Waals surface area contributed by atoms with Crippen LogP contribution in [0.15, 0.2) is 70.8 Å². The van der Waals surface area contributed by atoms with Crippen LogP contribution in [0, 0.1) is 12.8 Å². The van der Waals surface area contributed by atoms with E-state index < -0.39 is 0 Å². The molecule has 4 aromatic rings. The van der Waals surface area contributed by atoms with Gasteiger partial charge in [-0.2, -0.15) is 0 Å². The van der Waals surface area contributed by atoms with Crippen molar-refractivity contribution >= 4 is 5.71 Å². The smallest absolute Gasteiger partial charge is 0.181 e. The number of rotatable bonds is 3. The normalized spacial score (nSPS) is 23.1. The predicted molar refractivity (Wildman–Crippen MR) is 119 cm³/mol. The first-order valence-corrected chi connectivity index (χ1v) is 10.9. The van der Waals surface area contributed by atoms with Crippen molar-refractivity contribution in [1.82, 2.24) is 14.5 Å². The number of hydrogen-bond donors (Lipinski definition) is 0. The van der Waals surface area contributed by atoms with Crippen LogP contribution in [0.1, 0.15) is 47.2 Å². The number of aromatic nitrogens is 3. The van der Waals surface area contributed by atoms with Crippen LogP contribution < -0.4 is 0 Å². The number of nitrogens with zero attached hydrogens (tertiary/aromatic N) is 4. The first kappa shape index (κ1) is 17.2. The highest BCUT2D eigenvalue weighted by Crippen LogP contribution is 2.65. The molecule has 0 spiro atoms. The summed E-state index contributed by atoms with van der Waals surface area (Å²) in [6.07, 6.45) is 9.08. The molecule has 5 nitrogen and oxygen atoms in total. The van der Waals surface area contributed by atoms with Crippen molar-refractivity contribution in [2.75, 3.05) is 0 Å². The van der Waals surface area contributed by atoms with Crippen molar-refractivity contribution in [3.63, 3.8) is 0 Å². The van der Waals surface area contributed by atoms with Gasteiger partial charge in [0.1, 0.15) is 12.0 Å². The van der Waals surface area contributed by atoms with E-state index in [1.165, 1.54) is 47.9 Å². The first-order chi connectivity index (χ1) is 15.2. The van der Waals surface area contributed by atoms with Crippen molar-refractivity contribution in [1.29, 1.82) is 0 Å². The highest BCUT2D eigenvalue weighted by Gasteiger charge is 2.57. The summed E-state index contributed by atoms with van der Waals surface area (Å²) in [7, 11) is 0. The minimum atomic E-state index is 0.408. The molecule has 3 fully saturated rings. The molecule has 0 atom stereocenters. The largest absolute Gasteiger partial charge is 0.442 e. The second kappa shape index (κ2) is 6.03. The second-order valence-corrected chi connectivity index (χ2v) is 9.25. The Balaban J connectivity index is 1.46. The van der Waals surface area contributed by atoms with Gasteiger partial charge in [-0.15, -0.1) is 0 Å². The number of fused-ring (bicyclic) bond motifs is 3. The Morgan fingerprint density at radius 2 is 1.94 bits per heavy atom. The van der Waals surface area contributed by atoms with Gasteiger partial charge in [0.05, 0.1) is 29.8 Å². The van der Waals surface area contributed by atoms with E-state index in [1.54, 1.807) is 6.20 Å². The fourth-order valence-electron chi connectivity index (χ4n) is 5.68. The third-order valence-electron chi connectivity index (χ3n) is 7.48. The van der Waals surface area contributed by atoms with E-state index in [-0.39, 0.29) is 0 Å². The second-order valence-electron chi connectivity index (χ2n) is 9.25. The van der Waals surface area contributed by atoms with Crippen molar-refractivity contribution in [2.45, 2.75) is 38.1 Å². The van der Waals surface area contributed by atoms with Gasteiger partial charge in [0.15, 0.2) is 12.2 Å². The van der Waals surface area contributed by atoms with E-state index in [2.05, 4.69) is 63.9 Å². The van der Waals surface area contributed by atoms with Crippen LogP contribution in [0.25, 0.3) is 17.1 Å². The van der Waals surface area contributed by atoms with Gasteiger partial charge in [0, 0.05) is 11.1 Å². The zero-order valence-electron chi connectivity index (χ0n) is 17.4. The van der Waals surface area contributed by atoms with Gasteiger partial charge < -0.3 is 4.42 Å². The van der Waals surface area contributed by atoms with E-state index in [9.17, 15) is 0 Å². The zero-order valence-corrected chi connectivity index (χ0v) is 17.4. The van der Waals surface area contributed by atoms with E-state index in [4.69, 9.17) is 9.41 Å². The molecule has 0 saturated heterocycles. The van der Waals surface area contributed by atoms with Crippen LogP contribution in [0.5, 0.6) is 0 Å². The lowest BCUT2D eigenvalue weighted by atomic mass is 9.42. The van der Waals surface area contributed by atoms with Crippen LogP contribution >= 0.6 is 0 Å². The number of aryl methyl sites for hydroxylation is 1. The number of hydrogen-bond acceptors (Lipinski definition) is 4. The maximum atomic E-state index is 5.56. The summed E-state index contributed by atoms with van der Waals surface area (Å²) in [5.74, 6) is 1.63. The summed E-state index contributed by atoms with van der Waals surface area (Å²) >= 11 is 0. The molecule has 31 heavy (non-hydrogen) atoms. The molecule has 5 heteroatoms. The summed E-state index contributed by atoms with van der Waals surface area (Å²) in [4.78, 5) is 13.9. The standard InChI is InChI=1S/C26H22N4O/c1-16-4-2-3-5-19(16)24-20-8-18(26-9-17(10-26)11-26)6-7-21(20)30-14-29-25(22(30)12-28-24)23-13-27-15-31-23/h2-8,13-15,17H,9-12H2,1H3. The third kappa shape index (κ3) is 2.34. The van der Waals surface area contributed by atoms with Gasteiger partial charge in [-0.1, -0.05) is 30.3 Å². The van der Waals surface area contributed by atoms with Gasteiger partial charge in [-0.25, -0.2) is 9.97 Å². The van der Waals surface area contributed by atoms with Gasteiger partial charge in [0.25, 0.3) is 0 Å². The van der Waals surface area contributed by atoms with Gasteiger partial charge in [0.2, 0.25) is 0 Å². The summed E-state index contributed by atoms with van der Waals surface area (Å²) in [5, 5.41) is 0. The number of oxazole rings is 1. The summed E-state index contributed by atoms with van der Waals surface area (Å²) < 4.78 is 7.73. The minimum Gasteiger partial charge on any atom is -0.442 e. The predicted octanol–water partition coefficient (Wildman–Crippen LogP) is 5.24. The van der Waals surface area contributed by atoms with Crippen LogP contribution in [0.2, 0.25) is 0 Å². The molecule has 0 radical (unpaired) electrons. The first-order valence-electron chi connectivity index (χ1n) is 10.9. The topological polar surface area (TPSA) is 56.2 Å². The number of benzene rings is 2. The van der Waals surface area contributed by atoms with Crippen LogP contribution in [-0.2, 0) is 12.0 Å². The monoisotopic (exact) mass is 406 g/mol. The molecule has 4 aliphatic rings. The molecule has 3 saturated carbocycles. The van der Waals surface area contributed by atoms with E-state index in [0.717, 1.165) is 28.7 Å². The lowest BCUT2D eigenvalue weighted by molar-refractivity contribution is -0.0274. The summed E-state index contributed by atoms with van der Waals surface area (Å²) in [6.45, 7) is 2.70. The van der Waals surface area contributed by atoms with Crippen molar-refractivity contribution < 1.29 is 4.42 Å². The minimum absolute atomic E-state index is 0.408. The molecule has 2 aromatic heterocycles. The maximum absolute atomic E-state index is 5.56. The Hall–Kier alpha value is -3.47. The van der Waals surface area contributed by atoms with Crippen molar-refractivity contribution in [2.24, 2.45) is 10.9 Å². The Morgan fingerprint density at radius 3 is 2.68 bits per heavy atom. The Morgan fingerprint density at radius 1 is 1.06 bits per heavy atom. The Labute approximate surface area is 180 Å². The molecule has 3 aliphatic carbocycles. The lowest BCUT2D eigenvalue weighted by Gasteiger charge is -2.62. The van der Waals surface area contributed by atoms with E-state index >= 15 is 0 Å². The average molecular weight is 406 g/mol. The molecule has 2 aromatic carbocycles. The van der Waals surface area contributed by atoms with E-state index in [0.29, 0.717) is 17.7 Å². The van der Waals surface area contributed by atoms with Gasteiger partial charge in [-0.05, 0) is 60.8 Å². The molecule has 152 valence electrons. The number of imidazole rings is 1. The number of aliphatic imine (C=N–C) groups is 1. The molecular formula is C26H22N4O. The molecule has 0 N–H and O–H groups in total. The molecule has 2 bridgehead atoms. The van der Waals surface area contributed by atoms with Gasteiger partial charge in [-0.3, -0.25) is 9.56 Å². The van der Waals surface area contributed by atoms with Gasteiger partial charge >= 0.3 is 0 Å². The fraction of sp³-hybridized carbons (Fsp3) is 0.269. The maximum Gasteiger partial charge on any atom is 0.181 e. The molecule has 0 amide bonds. The molecule has 8 rings (SSSR count). The van der Waals surface area contributed by atoms with Crippen molar-refractivity contribution in [3.8, 4) is 17.1 Å². The summed E-state index contributed by atoms with van der Waals surface area (Å²) in [5.41, 5.74) is 9.53. The van der Waals surface area contributed by atoms with E-state index in [1.807, 2.05) is 6.33 Å². The highest BCUT2D eigenvalue weighted by atomic mass is 16.3. The average Bonchev–Trinajstić information content (AvgIpc) is 3.34. The lowest BCUT2D eigenvalue weighted by Crippen LogP contribution is -2.55. The Kier molecular flexibility index (Phi) is 3.36. The quantitative estimate of drug-likeness (QED) is 0.468. The SMILES string of the molecule is Cc1ccccc1C1=NCc2c(-c3cnco3)ncn2-c2ccc(C34CC(C3)C4)cc21.